The summed E-state index contributed by atoms with van der Waals surface area (Å²) < 4.78 is 18.5. The van der Waals surface area contributed by atoms with Crippen LogP contribution in [-0.4, -0.2) is 31.5 Å². The summed E-state index contributed by atoms with van der Waals surface area (Å²) in [6, 6.07) is 4.13. The Labute approximate surface area is 115 Å². The lowest BCUT2D eigenvalue weighted by atomic mass is 10.2. The zero-order chi connectivity index (χ0) is 13.4. The number of hydrogen-bond donors (Lipinski definition) is 1. The third-order valence-corrected chi connectivity index (χ3v) is 2.63. The first kappa shape index (κ1) is 15.2. The third-order valence-electron chi connectivity index (χ3n) is 2.16. The molecule has 1 amide bonds. The fourth-order valence-electron chi connectivity index (χ4n) is 1.34. The minimum Gasteiger partial charge on any atom is -0.380 e. The summed E-state index contributed by atoms with van der Waals surface area (Å²) in [6.45, 7) is 1.37. The molecule has 0 aliphatic carbocycles. The van der Waals surface area contributed by atoms with Gasteiger partial charge in [-0.15, -0.1) is 11.6 Å². The number of amides is 1. The van der Waals surface area contributed by atoms with Gasteiger partial charge >= 0.3 is 0 Å². The number of rotatable bonds is 7. The van der Waals surface area contributed by atoms with E-state index in [1.165, 1.54) is 18.2 Å². The molecular weight excluding hydrogens is 280 g/mol. The average molecular weight is 294 g/mol. The van der Waals surface area contributed by atoms with Gasteiger partial charge in [0.25, 0.3) is 5.91 Å². The molecule has 0 atom stereocenters. The van der Waals surface area contributed by atoms with E-state index in [-0.39, 0.29) is 10.6 Å². The Morgan fingerprint density at radius 3 is 2.83 bits per heavy atom. The van der Waals surface area contributed by atoms with Crippen LogP contribution in [0.1, 0.15) is 16.8 Å². The summed E-state index contributed by atoms with van der Waals surface area (Å²) >= 11 is 11.2. The van der Waals surface area contributed by atoms with Gasteiger partial charge < -0.3 is 10.1 Å². The van der Waals surface area contributed by atoms with E-state index in [0.717, 1.165) is 0 Å². The van der Waals surface area contributed by atoms with Crippen LogP contribution in [0.3, 0.4) is 0 Å². The molecular formula is C12H14Cl2FNO2. The van der Waals surface area contributed by atoms with Crippen molar-refractivity contribution in [3.05, 3.63) is 34.6 Å². The van der Waals surface area contributed by atoms with Crippen LogP contribution in [0, 0.1) is 5.82 Å². The monoisotopic (exact) mass is 293 g/mol. The molecule has 0 radical (unpaired) electrons. The summed E-state index contributed by atoms with van der Waals surface area (Å²) in [5.74, 6) is -0.703. The second-order valence-corrected chi connectivity index (χ2v) is 4.29. The predicted molar refractivity (Wildman–Crippen MR) is 69.9 cm³/mol. The number of carbonyl (C=O) groups excluding carboxylic acids is 1. The van der Waals surface area contributed by atoms with Crippen molar-refractivity contribution >= 4 is 29.1 Å². The number of carbonyl (C=O) groups is 1. The number of hydrogen-bond acceptors (Lipinski definition) is 2. The van der Waals surface area contributed by atoms with E-state index in [0.29, 0.717) is 32.1 Å². The molecule has 0 aromatic heterocycles. The largest absolute Gasteiger partial charge is 0.380 e. The highest BCUT2D eigenvalue weighted by Crippen LogP contribution is 2.18. The van der Waals surface area contributed by atoms with Crippen molar-refractivity contribution in [3.8, 4) is 0 Å². The van der Waals surface area contributed by atoms with Gasteiger partial charge in [-0.2, -0.15) is 0 Å². The molecule has 0 aliphatic rings. The van der Waals surface area contributed by atoms with Crippen molar-refractivity contribution in [2.24, 2.45) is 0 Å². The molecule has 0 aliphatic heterocycles. The highest BCUT2D eigenvalue weighted by atomic mass is 35.5. The molecule has 0 heterocycles. The summed E-state index contributed by atoms with van der Waals surface area (Å²) in [4.78, 5) is 11.7. The van der Waals surface area contributed by atoms with Crippen molar-refractivity contribution in [1.29, 1.82) is 0 Å². The van der Waals surface area contributed by atoms with Crippen molar-refractivity contribution in [3.63, 3.8) is 0 Å². The predicted octanol–water partition coefficient (Wildman–Crippen LogP) is 2.85. The first-order valence-corrected chi connectivity index (χ1v) is 6.44. The van der Waals surface area contributed by atoms with Crippen molar-refractivity contribution in [1.82, 2.24) is 5.32 Å². The van der Waals surface area contributed by atoms with Gasteiger partial charge in [-0.25, -0.2) is 4.39 Å². The molecule has 18 heavy (non-hydrogen) atoms. The molecule has 0 unspecified atom stereocenters. The molecule has 0 spiro atoms. The van der Waals surface area contributed by atoms with Gasteiger partial charge in [0, 0.05) is 19.0 Å². The highest BCUT2D eigenvalue weighted by Gasteiger charge is 2.14. The summed E-state index contributed by atoms with van der Waals surface area (Å²) in [6.07, 6.45) is 0.634. The molecule has 1 aromatic carbocycles. The molecule has 0 saturated carbocycles. The minimum absolute atomic E-state index is 0.103. The van der Waals surface area contributed by atoms with E-state index in [2.05, 4.69) is 5.32 Å². The van der Waals surface area contributed by atoms with Crippen LogP contribution in [0.2, 0.25) is 5.02 Å². The molecule has 1 aromatic rings. The lowest BCUT2D eigenvalue weighted by Gasteiger charge is -2.07. The molecule has 3 nitrogen and oxygen atoms in total. The van der Waals surface area contributed by atoms with E-state index >= 15 is 0 Å². The Kier molecular flexibility index (Phi) is 7.01. The SMILES string of the molecule is O=C(NCCCOCCCl)c1c(F)cccc1Cl. The second kappa shape index (κ2) is 8.29. The van der Waals surface area contributed by atoms with E-state index in [4.69, 9.17) is 27.9 Å². The maximum Gasteiger partial charge on any atom is 0.255 e. The molecule has 1 rings (SSSR count). The van der Waals surface area contributed by atoms with Gasteiger partial charge in [0.15, 0.2) is 0 Å². The zero-order valence-corrected chi connectivity index (χ0v) is 11.2. The molecule has 0 bridgehead atoms. The lowest BCUT2D eigenvalue weighted by Crippen LogP contribution is -2.26. The number of alkyl halides is 1. The maximum absolute atomic E-state index is 13.4. The quantitative estimate of drug-likeness (QED) is 0.620. The smallest absolute Gasteiger partial charge is 0.255 e. The average Bonchev–Trinajstić information content (AvgIpc) is 2.33. The summed E-state index contributed by atoms with van der Waals surface area (Å²) in [5, 5.41) is 2.68. The number of benzene rings is 1. The Balaban J connectivity index is 2.37. The van der Waals surface area contributed by atoms with Crippen LogP contribution in [0.5, 0.6) is 0 Å². The standard InChI is InChI=1S/C12H14Cl2FNO2/c13-5-8-18-7-2-6-16-12(17)11-9(14)3-1-4-10(11)15/h1,3-4H,2,5-8H2,(H,16,17). The molecule has 1 N–H and O–H groups in total. The normalized spacial score (nSPS) is 10.4. The summed E-state index contributed by atoms with van der Waals surface area (Å²) in [7, 11) is 0. The number of ether oxygens (including phenoxy) is 1. The first-order chi connectivity index (χ1) is 8.66. The van der Waals surface area contributed by atoms with Crippen LogP contribution in [0.25, 0.3) is 0 Å². The number of nitrogens with one attached hydrogen (secondary N) is 1. The van der Waals surface area contributed by atoms with Gasteiger partial charge in [0.1, 0.15) is 5.82 Å². The van der Waals surface area contributed by atoms with Gasteiger partial charge in [0.2, 0.25) is 0 Å². The van der Waals surface area contributed by atoms with Crippen molar-refractivity contribution < 1.29 is 13.9 Å². The van der Waals surface area contributed by atoms with Crippen molar-refractivity contribution in [2.75, 3.05) is 25.6 Å². The van der Waals surface area contributed by atoms with Gasteiger partial charge in [0.05, 0.1) is 17.2 Å². The molecule has 100 valence electrons. The molecule has 0 fully saturated rings. The van der Waals surface area contributed by atoms with Gasteiger partial charge in [-0.1, -0.05) is 17.7 Å². The van der Waals surface area contributed by atoms with E-state index in [1.807, 2.05) is 0 Å². The lowest BCUT2D eigenvalue weighted by molar-refractivity contribution is 0.0940. The van der Waals surface area contributed by atoms with E-state index in [1.54, 1.807) is 0 Å². The second-order valence-electron chi connectivity index (χ2n) is 3.51. The fourth-order valence-corrected chi connectivity index (χ4v) is 1.69. The van der Waals surface area contributed by atoms with E-state index in [9.17, 15) is 9.18 Å². The molecule has 0 saturated heterocycles. The summed E-state index contributed by atoms with van der Waals surface area (Å²) in [5.41, 5.74) is -0.124. The first-order valence-electron chi connectivity index (χ1n) is 5.52. The Bertz CT molecular complexity index is 381. The Morgan fingerprint density at radius 2 is 2.17 bits per heavy atom. The van der Waals surface area contributed by atoms with Crippen LogP contribution in [0.15, 0.2) is 18.2 Å². The van der Waals surface area contributed by atoms with Gasteiger partial charge in [-0.3, -0.25) is 4.79 Å². The van der Waals surface area contributed by atoms with Crippen molar-refractivity contribution in [2.45, 2.75) is 6.42 Å². The fraction of sp³-hybridized carbons (Fsp3) is 0.417. The highest BCUT2D eigenvalue weighted by molar-refractivity contribution is 6.33. The Morgan fingerprint density at radius 1 is 1.39 bits per heavy atom. The zero-order valence-electron chi connectivity index (χ0n) is 9.72. The Hall–Kier alpha value is -0.840. The third kappa shape index (κ3) is 4.80. The maximum atomic E-state index is 13.4. The molecule has 6 heteroatoms. The number of halogens is 3. The van der Waals surface area contributed by atoms with E-state index < -0.39 is 11.7 Å². The van der Waals surface area contributed by atoms with Crippen LogP contribution in [0.4, 0.5) is 4.39 Å². The van der Waals surface area contributed by atoms with Gasteiger partial charge in [-0.05, 0) is 18.6 Å². The van der Waals surface area contributed by atoms with Crippen LogP contribution < -0.4 is 5.32 Å². The van der Waals surface area contributed by atoms with Crippen LogP contribution >= 0.6 is 23.2 Å². The van der Waals surface area contributed by atoms with Crippen LogP contribution in [-0.2, 0) is 4.74 Å². The topological polar surface area (TPSA) is 38.3 Å². The minimum atomic E-state index is -0.626.